The Morgan fingerprint density at radius 1 is 1.33 bits per heavy atom. The van der Waals surface area contributed by atoms with Crippen molar-refractivity contribution >= 4 is 31.2 Å². The van der Waals surface area contributed by atoms with Gasteiger partial charge in [0.2, 0.25) is 5.91 Å². The van der Waals surface area contributed by atoms with Gasteiger partial charge in [0.25, 0.3) is 0 Å². The van der Waals surface area contributed by atoms with Crippen LogP contribution in [0, 0.1) is 0 Å². The fraction of sp³-hybridized carbons (Fsp3) is 0.909. The fourth-order valence-corrected chi connectivity index (χ4v) is 1.47. The summed E-state index contributed by atoms with van der Waals surface area (Å²) in [5.41, 5.74) is 10.2. The van der Waals surface area contributed by atoms with E-state index >= 15 is 0 Å². The number of carbonyl (C=O) groups excluding carboxylic acids is 1. The number of amides is 1. The predicted octanol–water partition coefficient (Wildman–Crippen LogP) is -0.625. The molecule has 0 spiro atoms. The van der Waals surface area contributed by atoms with Gasteiger partial charge < -0.3 is 22.1 Å². The maximum Gasteiger partial charge on any atom is 0.237 e. The average molecular weight is 294 g/mol. The van der Waals surface area contributed by atoms with E-state index in [1.807, 2.05) is 6.92 Å². The molecule has 6 N–H and O–H groups in total. The van der Waals surface area contributed by atoms with Gasteiger partial charge in [-0.3, -0.25) is 4.79 Å². The van der Waals surface area contributed by atoms with Crippen LogP contribution in [0.25, 0.3) is 0 Å². The maximum absolute atomic E-state index is 11.2. The highest BCUT2D eigenvalue weighted by molar-refractivity contribution is 7.80. The van der Waals surface area contributed by atoms with Crippen LogP contribution >= 0.6 is 25.3 Å². The Hall–Kier alpha value is 0.0500. The van der Waals surface area contributed by atoms with Gasteiger partial charge >= 0.3 is 0 Å². The lowest BCUT2D eigenvalue weighted by Crippen LogP contribution is -2.57. The summed E-state index contributed by atoms with van der Waals surface area (Å²) >= 11 is 8.47. The normalized spacial score (nSPS) is 17.2. The second-order valence-corrected chi connectivity index (χ2v) is 6.12. The second kappa shape index (κ2) is 7.59. The van der Waals surface area contributed by atoms with E-state index in [2.05, 4.69) is 35.9 Å². The molecule has 108 valence electrons. The minimum atomic E-state index is -0.724. The number of thiol groups is 2. The molecular formula is C11H26N4OS2. The van der Waals surface area contributed by atoms with E-state index in [0.717, 1.165) is 0 Å². The Kier molecular flexibility index (Phi) is 7.61. The van der Waals surface area contributed by atoms with Gasteiger partial charge in [-0.1, -0.05) is 0 Å². The van der Waals surface area contributed by atoms with Crippen LogP contribution in [0.1, 0.15) is 20.8 Å². The van der Waals surface area contributed by atoms with Gasteiger partial charge in [-0.05, 0) is 20.8 Å². The first-order valence-corrected chi connectivity index (χ1v) is 7.20. The lowest BCUT2D eigenvalue weighted by molar-refractivity contribution is -0.123. The Bertz CT molecular complexity index is 272. The molecule has 0 aliphatic carbocycles. The van der Waals surface area contributed by atoms with Gasteiger partial charge in [-0.25, -0.2) is 0 Å². The zero-order chi connectivity index (χ0) is 14.4. The first-order chi connectivity index (χ1) is 8.14. The van der Waals surface area contributed by atoms with Crippen molar-refractivity contribution in [2.24, 2.45) is 11.5 Å². The first kappa shape index (κ1) is 18.0. The van der Waals surface area contributed by atoms with Gasteiger partial charge in [0.1, 0.15) is 0 Å². The number of primary amides is 1. The van der Waals surface area contributed by atoms with Gasteiger partial charge in [-0.15, -0.1) is 0 Å². The van der Waals surface area contributed by atoms with Crippen molar-refractivity contribution < 1.29 is 4.79 Å². The number of nitrogens with one attached hydrogen (secondary N) is 2. The molecule has 5 nitrogen and oxygen atoms in total. The van der Waals surface area contributed by atoms with Crippen molar-refractivity contribution in [2.45, 2.75) is 37.9 Å². The van der Waals surface area contributed by atoms with Crippen LogP contribution in [0.2, 0.25) is 0 Å². The summed E-state index contributed by atoms with van der Waals surface area (Å²) in [5, 5.41) is 6.43. The third-order valence-electron chi connectivity index (χ3n) is 2.78. The van der Waals surface area contributed by atoms with E-state index in [1.54, 1.807) is 13.8 Å². The molecule has 0 aromatic heterocycles. The van der Waals surface area contributed by atoms with Crippen LogP contribution in [0.4, 0.5) is 0 Å². The van der Waals surface area contributed by atoms with Crippen LogP contribution < -0.4 is 22.1 Å². The van der Waals surface area contributed by atoms with Gasteiger partial charge in [0.05, 0.1) is 5.54 Å². The predicted molar refractivity (Wildman–Crippen MR) is 83.4 cm³/mol. The molecule has 1 unspecified atom stereocenters. The highest BCUT2D eigenvalue weighted by Gasteiger charge is 2.25. The SMILES string of the molecule is CC(N)(CS)CN[C@H](CS)CNC(C)(C)C(N)=O. The molecule has 1 amide bonds. The van der Waals surface area contributed by atoms with Crippen LogP contribution in [0.3, 0.4) is 0 Å². The van der Waals surface area contributed by atoms with Crippen molar-refractivity contribution in [1.82, 2.24) is 10.6 Å². The molecule has 7 heteroatoms. The number of carbonyl (C=O) groups is 1. The Morgan fingerprint density at radius 2 is 1.89 bits per heavy atom. The molecule has 0 aromatic carbocycles. The third kappa shape index (κ3) is 6.84. The van der Waals surface area contributed by atoms with Gasteiger partial charge in [-0.2, -0.15) is 25.3 Å². The van der Waals surface area contributed by atoms with E-state index in [1.165, 1.54) is 0 Å². The summed E-state index contributed by atoms with van der Waals surface area (Å²) in [6, 6.07) is 0.120. The van der Waals surface area contributed by atoms with E-state index in [4.69, 9.17) is 11.5 Å². The van der Waals surface area contributed by atoms with Crippen molar-refractivity contribution in [1.29, 1.82) is 0 Å². The monoisotopic (exact) mass is 294 g/mol. The number of hydrogen-bond donors (Lipinski definition) is 6. The quantitative estimate of drug-likeness (QED) is 0.320. The minimum Gasteiger partial charge on any atom is -0.368 e. The van der Waals surface area contributed by atoms with Gasteiger partial charge in [0.15, 0.2) is 0 Å². The Balaban J connectivity index is 4.17. The average Bonchev–Trinajstić information content (AvgIpc) is 2.29. The van der Waals surface area contributed by atoms with Crippen molar-refractivity contribution in [3.8, 4) is 0 Å². The molecule has 0 radical (unpaired) electrons. The Labute approximate surface area is 121 Å². The molecule has 2 atom stereocenters. The summed E-state index contributed by atoms with van der Waals surface area (Å²) in [6.45, 7) is 6.68. The van der Waals surface area contributed by atoms with Crippen LogP contribution in [0.15, 0.2) is 0 Å². The lowest BCUT2D eigenvalue weighted by atomic mass is 10.0. The van der Waals surface area contributed by atoms with Crippen molar-refractivity contribution in [2.75, 3.05) is 24.6 Å². The minimum absolute atomic E-state index is 0.120. The van der Waals surface area contributed by atoms with Crippen LogP contribution in [-0.2, 0) is 4.79 Å². The number of hydrogen-bond acceptors (Lipinski definition) is 6. The second-order valence-electron chi connectivity index (χ2n) is 5.44. The highest BCUT2D eigenvalue weighted by Crippen LogP contribution is 2.03. The first-order valence-electron chi connectivity index (χ1n) is 5.93. The largest absolute Gasteiger partial charge is 0.368 e. The van der Waals surface area contributed by atoms with Crippen LogP contribution in [0.5, 0.6) is 0 Å². The maximum atomic E-state index is 11.2. The van der Waals surface area contributed by atoms with Crippen molar-refractivity contribution in [3.63, 3.8) is 0 Å². The standard InChI is InChI=1S/C11H26N4OS2/c1-10(2,9(12)16)15-4-8(5-17)14-6-11(3,13)7-18/h8,14-15,17-18H,4-7,13H2,1-3H3,(H2,12,16)/t8-,11?/m0/s1. The third-order valence-corrected chi connectivity index (χ3v) is 3.95. The molecule has 0 aliphatic rings. The zero-order valence-electron chi connectivity index (χ0n) is 11.4. The zero-order valence-corrected chi connectivity index (χ0v) is 13.2. The molecule has 0 aliphatic heterocycles. The molecule has 0 rings (SSSR count). The van der Waals surface area contributed by atoms with E-state index < -0.39 is 5.54 Å². The Morgan fingerprint density at radius 3 is 2.28 bits per heavy atom. The molecule has 0 bridgehead atoms. The summed E-state index contributed by atoms with van der Waals surface area (Å²) in [4.78, 5) is 11.2. The highest BCUT2D eigenvalue weighted by atomic mass is 32.1. The van der Waals surface area contributed by atoms with E-state index in [-0.39, 0.29) is 17.5 Å². The number of rotatable bonds is 9. The van der Waals surface area contributed by atoms with E-state index in [0.29, 0.717) is 24.6 Å². The smallest absolute Gasteiger partial charge is 0.237 e. The van der Waals surface area contributed by atoms with Crippen LogP contribution in [-0.4, -0.2) is 47.6 Å². The summed E-state index contributed by atoms with van der Waals surface area (Å²) in [7, 11) is 0. The molecule has 0 saturated heterocycles. The van der Waals surface area contributed by atoms with Crippen molar-refractivity contribution in [3.05, 3.63) is 0 Å². The molecule has 0 fully saturated rings. The number of nitrogens with two attached hydrogens (primary N) is 2. The molecule has 0 saturated carbocycles. The summed E-state index contributed by atoms with van der Waals surface area (Å²) in [5.74, 6) is 0.865. The van der Waals surface area contributed by atoms with E-state index in [9.17, 15) is 4.79 Å². The van der Waals surface area contributed by atoms with Gasteiger partial charge in [0, 0.05) is 36.2 Å². The molecule has 0 heterocycles. The molecular weight excluding hydrogens is 268 g/mol. The molecule has 0 aromatic rings. The summed E-state index contributed by atoms with van der Waals surface area (Å²) in [6.07, 6.45) is 0. The topological polar surface area (TPSA) is 93.2 Å². The summed E-state index contributed by atoms with van der Waals surface area (Å²) < 4.78 is 0. The molecule has 18 heavy (non-hydrogen) atoms. The lowest BCUT2D eigenvalue weighted by Gasteiger charge is -2.29. The fourth-order valence-electron chi connectivity index (χ4n) is 1.10.